The zero-order chi connectivity index (χ0) is 15.5. The zero-order valence-electron chi connectivity index (χ0n) is 12.9. The van der Waals surface area contributed by atoms with Gasteiger partial charge in [-0.3, -0.25) is 4.79 Å². The van der Waals surface area contributed by atoms with E-state index in [2.05, 4.69) is 21.1 Å². The molecule has 0 saturated carbocycles. The number of primary amides is 1. The van der Waals surface area contributed by atoms with Crippen LogP contribution in [0.1, 0.15) is 46.2 Å². The van der Waals surface area contributed by atoms with Gasteiger partial charge in [-0.2, -0.15) is 0 Å². The molecule has 2 aromatic rings. The number of carbonyl (C=O) groups is 1. The third kappa shape index (κ3) is 3.20. The van der Waals surface area contributed by atoms with E-state index < -0.39 is 0 Å². The van der Waals surface area contributed by atoms with Crippen molar-refractivity contribution in [3.8, 4) is 0 Å². The molecular weight excluding hydrogens is 276 g/mol. The summed E-state index contributed by atoms with van der Waals surface area (Å²) in [5.74, 6) is 1.27. The molecule has 2 heterocycles. The summed E-state index contributed by atoms with van der Waals surface area (Å²) in [6, 6.07) is 7.47. The van der Waals surface area contributed by atoms with Crippen molar-refractivity contribution in [2.75, 3.05) is 6.54 Å². The number of aryl methyl sites for hydroxylation is 2. The van der Waals surface area contributed by atoms with Crippen LogP contribution in [-0.4, -0.2) is 22.0 Å². The molecule has 0 unspecified atom stereocenters. The standard InChI is InChI=1S/C17H22N4O/c1-12-11-21-7-3-6-15(17(21)20-12)10-19-9-13-4-2-5-14(8-13)16(18)22/h2,4-5,8,11,15,19H,3,6-7,9-10H2,1H3,(H2,18,22)/t15-/m1/s1. The van der Waals surface area contributed by atoms with Crippen LogP contribution >= 0.6 is 0 Å². The Morgan fingerprint density at radius 3 is 3.18 bits per heavy atom. The summed E-state index contributed by atoms with van der Waals surface area (Å²) in [7, 11) is 0. The lowest BCUT2D eigenvalue weighted by Gasteiger charge is -2.23. The Bertz CT molecular complexity index is 677. The van der Waals surface area contributed by atoms with E-state index in [1.165, 1.54) is 18.7 Å². The minimum absolute atomic E-state index is 0.383. The van der Waals surface area contributed by atoms with Crippen LogP contribution in [-0.2, 0) is 13.1 Å². The molecule has 1 aromatic carbocycles. The fraction of sp³-hybridized carbons (Fsp3) is 0.412. The molecule has 1 aromatic heterocycles. The molecule has 3 rings (SSSR count). The van der Waals surface area contributed by atoms with E-state index in [4.69, 9.17) is 5.73 Å². The van der Waals surface area contributed by atoms with Gasteiger partial charge in [-0.25, -0.2) is 4.98 Å². The molecular formula is C17H22N4O. The molecule has 0 bridgehead atoms. The van der Waals surface area contributed by atoms with Crippen molar-refractivity contribution in [1.82, 2.24) is 14.9 Å². The van der Waals surface area contributed by atoms with Gasteiger partial charge in [0.2, 0.25) is 5.91 Å². The highest BCUT2D eigenvalue weighted by atomic mass is 16.1. The lowest BCUT2D eigenvalue weighted by Crippen LogP contribution is -2.26. The molecule has 1 aliphatic rings. The highest BCUT2D eigenvalue weighted by Crippen LogP contribution is 2.26. The minimum atomic E-state index is -0.383. The Morgan fingerprint density at radius 2 is 2.36 bits per heavy atom. The number of nitrogens with zero attached hydrogens (tertiary/aromatic N) is 2. The van der Waals surface area contributed by atoms with Gasteiger partial charge in [0.15, 0.2) is 0 Å². The number of hydrogen-bond donors (Lipinski definition) is 2. The predicted molar refractivity (Wildman–Crippen MR) is 85.6 cm³/mol. The van der Waals surface area contributed by atoms with Gasteiger partial charge >= 0.3 is 0 Å². The first-order chi connectivity index (χ1) is 10.6. The monoisotopic (exact) mass is 298 g/mol. The Hall–Kier alpha value is -2.14. The summed E-state index contributed by atoms with van der Waals surface area (Å²) in [6.45, 7) is 4.76. The zero-order valence-corrected chi connectivity index (χ0v) is 12.9. The summed E-state index contributed by atoms with van der Waals surface area (Å²) in [5, 5.41) is 3.48. The summed E-state index contributed by atoms with van der Waals surface area (Å²) in [4.78, 5) is 15.9. The average molecular weight is 298 g/mol. The largest absolute Gasteiger partial charge is 0.366 e. The Balaban J connectivity index is 1.60. The lowest BCUT2D eigenvalue weighted by atomic mass is 9.99. The van der Waals surface area contributed by atoms with Crippen molar-refractivity contribution in [2.45, 2.75) is 38.8 Å². The Labute approximate surface area is 130 Å². The number of aromatic nitrogens is 2. The normalized spacial score (nSPS) is 17.2. The van der Waals surface area contributed by atoms with Crippen LogP contribution in [0.3, 0.4) is 0 Å². The van der Waals surface area contributed by atoms with Gasteiger partial charge in [-0.05, 0) is 37.5 Å². The number of imidazole rings is 1. The van der Waals surface area contributed by atoms with E-state index in [9.17, 15) is 4.79 Å². The van der Waals surface area contributed by atoms with Crippen LogP contribution in [0.4, 0.5) is 0 Å². The maximum atomic E-state index is 11.2. The van der Waals surface area contributed by atoms with Crippen molar-refractivity contribution in [2.24, 2.45) is 5.73 Å². The second-order valence-electron chi connectivity index (χ2n) is 5.97. The number of fused-ring (bicyclic) bond motifs is 1. The SMILES string of the molecule is Cc1cn2c(n1)[C@@H](CNCc1cccc(C(N)=O)c1)CCC2. The maximum absolute atomic E-state index is 11.2. The van der Waals surface area contributed by atoms with E-state index in [1.807, 2.05) is 25.1 Å². The van der Waals surface area contributed by atoms with Crippen LogP contribution in [0.25, 0.3) is 0 Å². The van der Waals surface area contributed by atoms with Gasteiger partial charge in [-0.1, -0.05) is 12.1 Å². The van der Waals surface area contributed by atoms with Crippen molar-refractivity contribution >= 4 is 5.91 Å². The highest BCUT2D eigenvalue weighted by molar-refractivity contribution is 5.92. The van der Waals surface area contributed by atoms with Gasteiger partial charge in [0.25, 0.3) is 0 Å². The van der Waals surface area contributed by atoms with Gasteiger partial charge in [0.05, 0.1) is 5.69 Å². The molecule has 1 aliphatic heterocycles. The third-order valence-electron chi connectivity index (χ3n) is 4.18. The first kappa shape index (κ1) is 14.8. The lowest BCUT2D eigenvalue weighted by molar-refractivity contribution is 0.1000. The Kier molecular flexibility index (Phi) is 4.24. The third-order valence-corrected chi connectivity index (χ3v) is 4.18. The van der Waals surface area contributed by atoms with Gasteiger partial charge in [0.1, 0.15) is 5.82 Å². The molecule has 1 amide bonds. The quantitative estimate of drug-likeness (QED) is 0.886. The van der Waals surface area contributed by atoms with Crippen LogP contribution in [0, 0.1) is 6.92 Å². The number of nitrogens with two attached hydrogens (primary N) is 1. The summed E-state index contributed by atoms with van der Waals surface area (Å²) in [6.07, 6.45) is 4.51. The molecule has 0 saturated heterocycles. The summed E-state index contributed by atoms with van der Waals surface area (Å²) in [5.41, 5.74) is 8.04. The first-order valence-electron chi connectivity index (χ1n) is 7.76. The number of carbonyl (C=O) groups excluding carboxylic acids is 1. The molecule has 5 nitrogen and oxygen atoms in total. The van der Waals surface area contributed by atoms with Crippen LogP contribution in [0.2, 0.25) is 0 Å². The van der Waals surface area contributed by atoms with Crippen LogP contribution in [0.15, 0.2) is 30.5 Å². The molecule has 5 heteroatoms. The number of rotatable bonds is 5. The topological polar surface area (TPSA) is 72.9 Å². The van der Waals surface area contributed by atoms with E-state index in [1.54, 1.807) is 6.07 Å². The van der Waals surface area contributed by atoms with Crippen molar-refractivity contribution < 1.29 is 4.79 Å². The molecule has 0 fully saturated rings. The fourth-order valence-corrected chi connectivity index (χ4v) is 3.13. The van der Waals surface area contributed by atoms with Crippen LogP contribution < -0.4 is 11.1 Å². The van der Waals surface area contributed by atoms with E-state index >= 15 is 0 Å². The summed E-state index contributed by atoms with van der Waals surface area (Å²) < 4.78 is 2.28. The molecule has 3 N–H and O–H groups in total. The smallest absolute Gasteiger partial charge is 0.248 e. The van der Waals surface area contributed by atoms with E-state index in [-0.39, 0.29) is 5.91 Å². The van der Waals surface area contributed by atoms with Crippen molar-refractivity contribution in [3.63, 3.8) is 0 Å². The number of amides is 1. The fourth-order valence-electron chi connectivity index (χ4n) is 3.13. The van der Waals surface area contributed by atoms with Crippen molar-refractivity contribution in [1.29, 1.82) is 0 Å². The molecule has 0 aliphatic carbocycles. The Morgan fingerprint density at radius 1 is 1.50 bits per heavy atom. The second-order valence-corrected chi connectivity index (χ2v) is 5.97. The predicted octanol–water partition coefficient (Wildman–Crippen LogP) is 1.96. The molecule has 0 spiro atoms. The first-order valence-corrected chi connectivity index (χ1v) is 7.76. The van der Waals surface area contributed by atoms with Gasteiger partial charge in [0, 0.05) is 37.3 Å². The van der Waals surface area contributed by atoms with E-state index in [0.717, 1.165) is 30.9 Å². The average Bonchev–Trinajstić information content (AvgIpc) is 2.89. The number of benzene rings is 1. The van der Waals surface area contributed by atoms with Crippen LogP contribution in [0.5, 0.6) is 0 Å². The summed E-state index contributed by atoms with van der Waals surface area (Å²) >= 11 is 0. The number of nitrogens with one attached hydrogen (secondary N) is 1. The molecule has 0 radical (unpaired) electrons. The molecule has 22 heavy (non-hydrogen) atoms. The minimum Gasteiger partial charge on any atom is -0.366 e. The second kappa shape index (κ2) is 6.32. The maximum Gasteiger partial charge on any atom is 0.248 e. The van der Waals surface area contributed by atoms with Gasteiger partial charge < -0.3 is 15.6 Å². The van der Waals surface area contributed by atoms with E-state index in [0.29, 0.717) is 11.5 Å². The molecule has 1 atom stereocenters. The highest BCUT2D eigenvalue weighted by Gasteiger charge is 2.21. The molecule has 116 valence electrons. The number of hydrogen-bond acceptors (Lipinski definition) is 3. The van der Waals surface area contributed by atoms with Crippen molar-refractivity contribution in [3.05, 3.63) is 53.1 Å². The van der Waals surface area contributed by atoms with Gasteiger partial charge in [-0.15, -0.1) is 0 Å².